The van der Waals surface area contributed by atoms with E-state index in [-0.39, 0.29) is 11.1 Å². The number of rotatable bonds is 4. The van der Waals surface area contributed by atoms with Gasteiger partial charge < -0.3 is 4.74 Å². The largest absolute Gasteiger partial charge is 0.381 e. The van der Waals surface area contributed by atoms with Crippen LogP contribution in [0.25, 0.3) is 11.1 Å². The number of hydrogen-bond donors (Lipinski definition) is 0. The summed E-state index contributed by atoms with van der Waals surface area (Å²) in [5.74, 6) is -2.76. The molecule has 0 N–H and O–H groups in total. The van der Waals surface area contributed by atoms with E-state index < -0.39 is 23.3 Å². The van der Waals surface area contributed by atoms with Crippen LogP contribution >= 0.6 is 0 Å². The minimum absolute atomic E-state index is 0.0272. The first kappa shape index (κ1) is 21.4. The molecule has 0 amide bonds. The van der Waals surface area contributed by atoms with Gasteiger partial charge in [0, 0.05) is 12.7 Å². The van der Waals surface area contributed by atoms with Crippen molar-refractivity contribution >= 4 is 0 Å². The Morgan fingerprint density at radius 1 is 0.867 bits per heavy atom. The summed E-state index contributed by atoms with van der Waals surface area (Å²) in [5.41, 5.74) is 1.77. The van der Waals surface area contributed by atoms with Crippen LogP contribution < -0.4 is 0 Å². The van der Waals surface area contributed by atoms with Crippen LogP contribution in [0.3, 0.4) is 0 Å². The minimum Gasteiger partial charge on any atom is -0.381 e. The zero-order valence-electron chi connectivity index (χ0n) is 17.5. The molecule has 4 rings (SSSR count). The molecular weight excluding hydrogens is 392 g/mol. The SMILES string of the molecule is COC(C)C1CCC(C2CCc3c(ccc(-c4cc(F)c(F)c(F)c4)c3F)C2)CC1. The molecule has 0 spiro atoms. The van der Waals surface area contributed by atoms with E-state index in [1.807, 2.05) is 6.07 Å². The van der Waals surface area contributed by atoms with Gasteiger partial charge in [0.15, 0.2) is 17.5 Å². The predicted molar refractivity (Wildman–Crippen MR) is 109 cm³/mol. The van der Waals surface area contributed by atoms with Crippen LogP contribution in [-0.4, -0.2) is 13.2 Å². The Labute approximate surface area is 175 Å². The molecule has 0 aliphatic heterocycles. The molecule has 2 aromatic carbocycles. The fourth-order valence-corrected chi connectivity index (χ4v) is 5.45. The van der Waals surface area contributed by atoms with Crippen molar-refractivity contribution in [2.75, 3.05) is 7.11 Å². The van der Waals surface area contributed by atoms with E-state index in [4.69, 9.17) is 4.74 Å². The van der Waals surface area contributed by atoms with E-state index in [0.29, 0.717) is 35.8 Å². The first-order valence-corrected chi connectivity index (χ1v) is 10.9. The Hall–Kier alpha value is -1.88. The van der Waals surface area contributed by atoms with Gasteiger partial charge in [0.2, 0.25) is 0 Å². The lowest BCUT2D eigenvalue weighted by molar-refractivity contribution is 0.0361. The first-order chi connectivity index (χ1) is 14.4. The summed E-state index contributed by atoms with van der Waals surface area (Å²) in [4.78, 5) is 0. The molecule has 1 saturated carbocycles. The van der Waals surface area contributed by atoms with Crippen molar-refractivity contribution in [2.24, 2.45) is 17.8 Å². The Morgan fingerprint density at radius 3 is 2.17 bits per heavy atom. The van der Waals surface area contributed by atoms with Crippen LogP contribution in [0.15, 0.2) is 24.3 Å². The molecule has 30 heavy (non-hydrogen) atoms. The van der Waals surface area contributed by atoms with Crippen molar-refractivity contribution in [3.05, 3.63) is 58.7 Å². The molecule has 2 aliphatic rings. The quantitative estimate of drug-likeness (QED) is 0.388. The third-order valence-electron chi connectivity index (χ3n) is 7.40. The molecule has 2 unspecified atom stereocenters. The van der Waals surface area contributed by atoms with Gasteiger partial charge in [0.1, 0.15) is 5.82 Å². The van der Waals surface area contributed by atoms with Gasteiger partial charge in [0.05, 0.1) is 6.10 Å². The zero-order valence-corrected chi connectivity index (χ0v) is 17.5. The molecule has 1 nitrogen and oxygen atoms in total. The summed E-state index contributed by atoms with van der Waals surface area (Å²) < 4.78 is 61.2. The number of hydrogen-bond acceptors (Lipinski definition) is 1. The van der Waals surface area contributed by atoms with Gasteiger partial charge in [-0.25, -0.2) is 17.6 Å². The highest BCUT2D eigenvalue weighted by atomic mass is 19.2. The van der Waals surface area contributed by atoms with Gasteiger partial charge in [-0.2, -0.15) is 0 Å². The average molecular weight is 420 g/mol. The van der Waals surface area contributed by atoms with Gasteiger partial charge in [0.25, 0.3) is 0 Å². The third kappa shape index (κ3) is 4.01. The molecule has 2 atom stereocenters. The molecule has 0 heterocycles. The lowest BCUT2D eigenvalue weighted by Crippen LogP contribution is -2.30. The summed E-state index contributed by atoms with van der Waals surface area (Å²) >= 11 is 0. The lowest BCUT2D eigenvalue weighted by atomic mass is 9.69. The van der Waals surface area contributed by atoms with Crippen LogP contribution in [-0.2, 0) is 17.6 Å². The third-order valence-corrected chi connectivity index (χ3v) is 7.40. The van der Waals surface area contributed by atoms with Gasteiger partial charge in [-0.3, -0.25) is 0 Å². The minimum atomic E-state index is -1.53. The first-order valence-electron chi connectivity index (χ1n) is 10.9. The maximum atomic E-state index is 15.2. The number of halogens is 4. The van der Waals surface area contributed by atoms with Gasteiger partial charge in [-0.05, 0) is 98.4 Å². The molecule has 0 saturated heterocycles. The van der Waals surface area contributed by atoms with Gasteiger partial charge in [-0.1, -0.05) is 12.1 Å². The van der Waals surface area contributed by atoms with E-state index in [9.17, 15) is 13.2 Å². The van der Waals surface area contributed by atoms with Crippen LogP contribution in [0.4, 0.5) is 17.6 Å². The van der Waals surface area contributed by atoms with Gasteiger partial charge in [-0.15, -0.1) is 0 Å². The lowest BCUT2D eigenvalue weighted by Gasteiger charge is -2.38. The Morgan fingerprint density at radius 2 is 1.53 bits per heavy atom. The molecule has 0 aromatic heterocycles. The van der Waals surface area contributed by atoms with Crippen molar-refractivity contribution in [3.8, 4) is 11.1 Å². The van der Waals surface area contributed by atoms with Crippen LogP contribution in [0.1, 0.15) is 50.2 Å². The molecule has 5 heteroatoms. The summed E-state index contributed by atoms with van der Waals surface area (Å²) in [7, 11) is 1.77. The molecule has 2 aliphatic carbocycles. The van der Waals surface area contributed by atoms with Crippen molar-refractivity contribution < 1.29 is 22.3 Å². The van der Waals surface area contributed by atoms with Gasteiger partial charge >= 0.3 is 0 Å². The topological polar surface area (TPSA) is 9.23 Å². The normalized spacial score (nSPS) is 25.1. The molecule has 1 fully saturated rings. The summed E-state index contributed by atoms with van der Waals surface area (Å²) in [6, 6.07) is 5.15. The highest BCUT2D eigenvalue weighted by Crippen LogP contribution is 2.42. The number of benzene rings is 2. The second kappa shape index (κ2) is 8.70. The Balaban J connectivity index is 1.50. The van der Waals surface area contributed by atoms with E-state index in [0.717, 1.165) is 30.5 Å². The maximum Gasteiger partial charge on any atom is 0.194 e. The molecule has 0 radical (unpaired) electrons. The van der Waals surface area contributed by atoms with E-state index in [1.165, 1.54) is 25.7 Å². The second-order valence-corrected chi connectivity index (χ2v) is 8.94. The van der Waals surface area contributed by atoms with Crippen molar-refractivity contribution in [1.82, 2.24) is 0 Å². The number of ether oxygens (including phenoxy) is 1. The number of methoxy groups -OCH3 is 1. The summed E-state index contributed by atoms with van der Waals surface area (Å²) in [5, 5.41) is 0. The fourth-order valence-electron chi connectivity index (χ4n) is 5.45. The number of fused-ring (bicyclic) bond motifs is 1. The standard InChI is InChI=1S/C25H28F4O/c1-14(30-2)15-3-5-16(6-4-15)17-7-9-20-18(11-17)8-10-21(24(20)28)19-12-22(26)25(29)23(27)13-19/h8,10,12-17H,3-7,9,11H2,1-2H3. The molecule has 162 valence electrons. The predicted octanol–water partition coefficient (Wildman–Crippen LogP) is 6.86. The monoisotopic (exact) mass is 420 g/mol. The molecule has 2 aromatic rings. The fraction of sp³-hybridized carbons (Fsp3) is 0.520. The van der Waals surface area contributed by atoms with E-state index in [1.54, 1.807) is 13.2 Å². The second-order valence-electron chi connectivity index (χ2n) is 8.94. The smallest absolute Gasteiger partial charge is 0.194 e. The zero-order chi connectivity index (χ0) is 21.4. The van der Waals surface area contributed by atoms with Crippen LogP contribution in [0.2, 0.25) is 0 Å². The average Bonchev–Trinajstić information content (AvgIpc) is 2.76. The van der Waals surface area contributed by atoms with Crippen molar-refractivity contribution in [1.29, 1.82) is 0 Å². The van der Waals surface area contributed by atoms with Crippen molar-refractivity contribution in [2.45, 2.75) is 58.0 Å². The van der Waals surface area contributed by atoms with E-state index in [2.05, 4.69) is 6.92 Å². The van der Waals surface area contributed by atoms with Crippen molar-refractivity contribution in [3.63, 3.8) is 0 Å². The summed E-state index contributed by atoms with van der Waals surface area (Å²) in [6.45, 7) is 2.14. The molecule has 0 bridgehead atoms. The Bertz CT molecular complexity index is 895. The van der Waals surface area contributed by atoms with E-state index >= 15 is 4.39 Å². The maximum absolute atomic E-state index is 15.2. The highest BCUT2D eigenvalue weighted by molar-refractivity contribution is 5.66. The summed E-state index contributed by atoms with van der Waals surface area (Å²) in [6.07, 6.45) is 7.42. The van der Waals surface area contributed by atoms with Crippen LogP contribution in [0.5, 0.6) is 0 Å². The van der Waals surface area contributed by atoms with Crippen LogP contribution in [0, 0.1) is 41.0 Å². The molecular formula is C25H28F4O. The Kier molecular flexibility index (Phi) is 6.19. The highest BCUT2D eigenvalue weighted by Gasteiger charge is 2.33.